The fraction of sp³-hybridized carbons (Fsp3) is 0.600. The van der Waals surface area contributed by atoms with Crippen LogP contribution in [0.25, 0.3) is 5.76 Å². The Morgan fingerprint density at radius 3 is 2.21 bits per heavy atom. The van der Waals surface area contributed by atoms with Gasteiger partial charge in [0.2, 0.25) is 0 Å². The maximum Gasteiger partial charge on any atom is 0.283 e. The highest BCUT2D eigenvalue weighted by atomic mass is 16.5. The highest BCUT2D eigenvalue weighted by Gasteiger charge is 2.45. The van der Waals surface area contributed by atoms with Crippen LogP contribution in [0.15, 0.2) is 16.6 Å². The number of aliphatic hydroxyl groups is 1. The number of morpholine rings is 1. The quantitative estimate of drug-likeness (QED) is 0.469. The van der Waals surface area contributed by atoms with Gasteiger partial charge in [0.25, 0.3) is 5.56 Å². The van der Waals surface area contributed by atoms with Crippen molar-refractivity contribution in [2.75, 3.05) is 31.3 Å². The molecule has 1 saturated heterocycles. The van der Waals surface area contributed by atoms with Crippen molar-refractivity contribution in [3.63, 3.8) is 0 Å². The minimum atomic E-state index is -0.506. The minimum Gasteiger partial charge on any atom is -0.506 e. The summed E-state index contributed by atoms with van der Waals surface area (Å²) in [5.41, 5.74) is -0.707. The summed E-state index contributed by atoms with van der Waals surface area (Å²) in [5.74, 6) is -0.712. The van der Waals surface area contributed by atoms with Crippen LogP contribution in [0.4, 0.5) is 0 Å². The first-order valence-corrected chi connectivity index (χ1v) is 10.0. The number of hydrogen-bond acceptors (Lipinski definition) is 7. The number of carbonyl (C=O) groups is 2. The van der Waals surface area contributed by atoms with Gasteiger partial charge in [0.15, 0.2) is 11.6 Å². The molecule has 3 aliphatic carbocycles. The standard InChI is InChI=1S/C20H23N3O5/c24-16-12-3-4-13(9-12)17(25)15(16)18(26)14-10-21-19(11-1-2-11)23(20(14)27)22-5-7-28-8-6-22/h10-13,26H,1-9H2. The molecule has 0 radical (unpaired) electrons. The van der Waals surface area contributed by atoms with Crippen molar-refractivity contribution >= 4 is 17.3 Å². The number of ether oxygens (including phenoxy) is 1. The van der Waals surface area contributed by atoms with Gasteiger partial charge < -0.3 is 14.9 Å². The van der Waals surface area contributed by atoms with Gasteiger partial charge in [-0.1, -0.05) is 0 Å². The highest BCUT2D eigenvalue weighted by Crippen LogP contribution is 2.42. The Balaban J connectivity index is 1.63. The molecule has 5 rings (SSSR count). The molecule has 8 nitrogen and oxygen atoms in total. The van der Waals surface area contributed by atoms with Crippen molar-refractivity contribution in [1.29, 1.82) is 0 Å². The third kappa shape index (κ3) is 2.70. The molecule has 8 heteroatoms. The number of hydrogen-bond donors (Lipinski definition) is 1. The van der Waals surface area contributed by atoms with Crippen molar-refractivity contribution in [2.45, 2.75) is 38.0 Å². The number of Topliss-reactive ketones (excluding diaryl/α,β-unsaturated/α-hetero) is 2. The van der Waals surface area contributed by atoms with E-state index in [0.717, 1.165) is 12.8 Å². The number of nitrogens with zero attached hydrogens (tertiary/aromatic N) is 3. The first-order valence-electron chi connectivity index (χ1n) is 10.0. The molecule has 4 aliphatic rings. The monoisotopic (exact) mass is 385 g/mol. The van der Waals surface area contributed by atoms with Crippen LogP contribution in [0, 0.1) is 11.8 Å². The van der Waals surface area contributed by atoms with E-state index in [4.69, 9.17) is 4.74 Å². The average Bonchev–Trinajstić information content (AvgIpc) is 3.45. The lowest BCUT2D eigenvalue weighted by atomic mass is 9.81. The maximum atomic E-state index is 13.3. The van der Waals surface area contributed by atoms with Crippen molar-refractivity contribution in [2.24, 2.45) is 11.8 Å². The fourth-order valence-corrected chi connectivity index (χ4v) is 4.62. The number of aromatic nitrogens is 2. The molecule has 28 heavy (non-hydrogen) atoms. The molecule has 2 unspecified atom stereocenters. The molecule has 4 fully saturated rings. The zero-order valence-corrected chi connectivity index (χ0v) is 15.6. The van der Waals surface area contributed by atoms with Crippen molar-refractivity contribution in [3.8, 4) is 0 Å². The van der Waals surface area contributed by atoms with E-state index in [0.29, 0.717) is 51.4 Å². The summed E-state index contributed by atoms with van der Waals surface area (Å²) in [7, 11) is 0. The summed E-state index contributed by atoms with van der Waals surface area (Å²) in [4.78, 5) is 43.2. The molecule has 148 valence electrons. The molecule has 1 aliphatic heterocycles. The third-order valence-corrected chi connectivity index (χ3v) is 6.34. The summed E-state index contributed by atoms with van der Waals surface area (Å²) in [6.07, 6.45) is 5.18. The lowest BCUT2D eigenvalue weighted by Crippen LogP contribution is -2.51. The average molecular weight is 385 g/mol. The number of fused-ring (bicyclic) bond motifs is 2. The molecule has 1 N–H and O–H groups in total. The van der Waals surface area contributed by atoms with Crippen molar-refractivity contribution in [1.82, 2.24) is 9.66 Å². The second kappa shape index (κ2) is 6.55. The number of rotatable bonds is 3. The Morgan fingerprint density at radius 2 is 1.61 bits per heavy atom. The van der Waals surface area contributed by atoms with Crippen molar-refractivity contribution in [3.05, 3.63) is 33.5 Å². The summed E-state index contributed by atoms with van der Waals surface area (Å²) < 4.78 is 6.91. The van der Waals surface area contributed by atoms with Crippen LogP contribution in [-0.2, 0) is 14.3 Å². The molecule has 0 aromatic carbocycles. The third-order valence-electron chi connectivity index (χ3n) is 6.34. The largest absolute Gasteiger partial charge is 0.506 e. The topological polar surface area (TPSA) is 102 Å². The Hall–Kier alpha value is -2.48. The van der Waals surface area contributed by atoms with Crippen LogP contribution in [0.3, 0.4) is 0 Å². The Labute approximate surface area is 161 Å². The normalized spacial score (nSPS) is 27.4. The molecule has 2 heterocycles. The first kappa shape index (κ1) is 17.6. The van der Waals surface area contributed by atoms with E-state index in [9.17, 15) is 19.5 Å². The predicted molar refractivity (Wildman–Crippen MR) is 99.6 cm³/mol. The van der Waals surface area contributed by atoms with Crippen LogP contribution in [0.2, 0.25) is 0 Å². The van der Waals surface area contributed by atoms with E-state index in [-0.39, 0.29) is 40.5 Å². The molecule has 0 spiro atoms. The fourth-order valence-electron chi connectivity index (χ4n) is 4.62. The number of carbonyl (C=O) groups excluding carboxylic acids is 2. The van der Waals surface area contributed by atoms with Gasteiger partial charge >= 0.3 is 0 Å². The molecule has 0 amide bonds. The summed E-state index contributed by atoms with van der Waals surface area (Å²) in [6, 6.07) is 0. The van der Waals surface area contributed by atoms with Gasteiger partial charge in [-0.2, -0.15) is 0 Å². The smallest absolute Gasteiger partial charge is 0.283 e. The van der Waals surface area contributed by atoms with Crippen LogP contribution < -0.4 is 10.6 Å². The molecular weight excluding hydrogens is 362 g/mol. The summed E-state index contributed by atoms with van der Waals surface area (Å²) in [5, 5.41) is 12.7. The summed E-state index contributed by atoms with van der Waals surface area (Å²) in [6.45, 7) is 2.11. The van der Waals surface area contributed by atoms with Gasteiger partial charge in [-0.05, 0) is 32.1 Å². The van der Waals surface area contributed by atoms with Crippen LogP contribution in [0.1, 0.15) is 49.4 Å². The van der Waals surface area contributed by atoms with E-state index in [1.807, 2.05) is 5.01 Å². The van der Waals surface area contributed by atoms with Gasteiger partial charge in [0.1, 0.15) is 22.7 Å². The molecule has 2 atom stereocenters. The van der Waals surface area contributed by atoms with E-state index in [2.05, 4.69) is 4.98 Å². The lowest BCUT2D eigenvalue weighted by Gasteiger charge is -2.32. The first-order chi connectivity index (χ1) is 13.6. The van der Waals surface area contributed by atoms with E-state index >= 15 is 0 Å². The van der Waals surface area contributed by atoms with Crippen molar-refractivity contribution < 1.29 is 19.4 Å². The predicted octanol–water partition coefficient (Wildman–Crippen LogP) is 0.926. The molecular formula is C20H23N3O5. The van der Waals surface area contributed by atoms with E-state index in [1.165, 1.54) is 10.9 Å². The number of aliphatic hydroxyl groups excluding tert-OH is 1. The molecule has 1 aromatic rings. The zero-order chi connectivity index (χ0) is 19.4. The number of allylic oxidation sites excluding steroid dienone is 1. The molecule has 2 bridgehead atoms. The second-order valence-electron chi connectivity index (χ2n) is 8.15. The van der Waals surface area contributed by atoms with E-state index in [1.54, 1.807) is 0 Å². The second-order valence-corrected chi connectivity index (χ2v) is 8.15. The van der Waals surface area contributed by atoms with E-state index < -0.39 is 11.3 Å². The Bertz CT molecular complexity index is 916. The molecule has 1 aromatic heterocycles. The van der Waals surface area contributed by atoms with Crippen LogP contribution in [0.5, 0.6) is 0 Å². The van der Waals surface area contributed by atoms with Gasteiger partial charge in [0.05, 0.1) is 26.3 Å². The van der Waals surface area contributed by atoms with Gasteiger partial charge in [-0.3, -0.25) is 14.4 Å². The highest BCUT2D eigenvalue weighted by molar-refractivity contribution is 6.27. The summed E-state index contributed by atoms with van der Waals surface area (Å²) >= 11 is 0. The van der Waals surface area contributed by atoms with Crippen LogP contribution >= 0.6 is 0 Å². The lowest BCUT2D eigenvalue weighted by molar-refractivity contribution is -0.127. The molecule has 3 saturated carbocycles. The number of ketones is 2. The zero-order valence-electron chi connectivity index (χ0n) is 15.6. The van der Waals surface area contributed by atoms with Gasteiger partial charge in [0, 0.05) is 24.0 Å². The van der Waals surface area contributed by atoms with Gasteiger partial charge in [-0.15, -0.1) is 0 Å². The Morgan fingerprint density at radius 1 is 1.00 bits per heavy atom. The SMILES string of the molecule is O=C1C(=C(O)c2cnc(C3CC3)n(N3CCOCC3)c2=O)C(=O)C2CCC1C2. The minimum absolute atomic E-state index is 0.0751. The van der Waals surface area contributed by atoms with Crippen LogP contribution in [-0.4, -0.2) is 52.6 Å². The van der Waals surface area contributed by atoms with Gasteiger partial charge in [-0.25, -0.2) is 9.66 Å². The Kier molecular flexibility index (Phi) is 4.12. The maximum absolute atomic E-state index is 13.3.